The van der Waals surface area contributed by atoms with Crippen LogP contribution >= 0.6 is 11.6 Å². The fourth-order valence-corrected chi connectivity index (χ4v) is 1.63. The van der Waals surface area contributed by atoms with Crippen molar-refractivity contribution in [3.63, 3.8) is 0 Å². The zero-order valence-corrected chi connectivity index (χ0v) is 10.3. The summed E-state index contributed by atoms with van der Waals surface area (Å²) in [5.74, 6) is -2.96. The van der Waals surface area contributed by atoms with Gasteiger partial charge in [-0.25, -0.2) is 8.78 Å². The molecule has 0 aliphatic rings. The van der Waals surface area contributed by atoms with E-state index in [1.807, 2.05) is 0 Å². The maximum atomic E-state index is 13.6. The largest absolute Gasteiger partial charge is 0.396 e. The molecule has 0 radical (unpaired) electrons. The standard InChI is InChI=1S/C13H9ClF2N2O/c14-7-1-3-8(4-2-7)18-13(19)11-9(15)5-6-10(17)12(11)16/h1-6H,17H2,(H,18,19). The summed E-state index contributed by atoms with van der Waals surface area (Å²) in [6, 6.07) is 8.12. The van der Waals surface area contributed by atoms with Gasteiger partial charge in [-0.1, -0.05) is 11.6 Å². The Kier molecular flexibility index (Phi) is 3.66. The molecule has 6 heteroatoms. The van der Waals surface area contributed by atoms with Crippen molar-refractivity contribution in [2.75, 3.05) is 11.1 Å². The van der Waals surface area contributed by atoms with E-state index in [9.17, 15) is 13.6 Å². The van der Waals surface area contributed by atoms with E-state index < -0.39 is 23.1 Å². The molecule has 0 saturated carbocycles. The van der Waals surface area contributed by atoms with Crippen molar-refractivity contribution in [3.05, 3.63) is 58.6 Å². The van der Waals surface area contributed by atoms with E-state index in [0.717, 1.165) is 12.1 Å². The topological polar surface area (TPSA) is 55.1 Å². The Morgan fingerprint density at radius 3 is 2.37 bits per heavy atom. The van der Waals surface area contributed by atoms with E-state index in [1.165, 1.54) is 12.1 Å². The molecule has 0 saturated heterocycles. The van der Waals surface area contributed by atoms with Gasteiger partial charge in [0.15, 0.2) is 5.82 Å². The van der Waals surface area contributed by atoms with Crippen LogP contribution in [0.5, 0.6) is 0 Å². The lowest BCUT2D eigenvalue weighted by Gasteiger charge is -2.08. The summed E-state index contributed by atoms with van der Waals surface area (Å²) in [6.45, 7) is 0. The molecule has 0 atom stereocenters. The average Bonchev–Trinajstić information content (AvgIpc) is 2.37. The number of nitrogens with one attached hydrogen (secondary N) is 1. The molecule has 0 aromatic heterocycles. The van der Waals surface area contributed by atoms with Gasteiger partial charge < -0.3 is 11.1 Å². The Hall–Kier alpha value is -2.14. The SMILES string of the molecule is Nc1ccc(F)c(C(=O)Nc2ccc(Cl)cc2)c1F. The molecule has 0 fully saturated rings. The Bertz CT molecular complexity index is 629. The maximum absolute atomic E-state index is 13.6. The molecule has 2 rings (SSSR count). The van der Waals surface area contributed by atoms with Crippen LogP contribution in [-0.2, 0) is 0 Å². The van der Waals surface area contributed by atoms with Gasteiger partial charge in [0, 0.05) is 10.7 Å². The van der Waals surface area contributed by atoms with Gasteiger partial charge >= 0.3 is 0 Å². The first-order chi connectivity index (χ1) is 8.99. The first-order valence-corrected chi connectivity index (χ1v) is 5.67. The van der Waals surface area contributed by atoms with Gasteiger partial charge in [-0.3, -0.25) is 4.79 Å². The predicted octanol–water partition coefficient (Wildman–Crippen LogP) is 3.45. The van der Waals surface area contributed by atoms with E-state index in [4.69, 9.17) is 17.3 Å². The van der Waals surface area contributed by atoms with Crippen molar-refractivity contribution in [3.8, 4) is 0 Å². The van der Waals surface area contributed by atoms with Gasteiger partial charge in [-0.15, -0.1) is 0 Å². The highest BCUT2D eigenvalue weighted by Gasteiger charge is 2.19. The van der Waals surface area contributed by atoms with Crippen molar-refractivity contribution in [2.24, 2.45) is 0 Å². The highest BCUT2D eigenvalue weighted by molar-refractivity contribution is 6.30. The van der Waals surface area contributed by atoms with Gasteiger partial charge in [0.1, 0.15) is 11.4 Å². The molecule has 0 unspecified atom stereocenters. The normalized spacial score (nSPS) is 10.3. The monoisotopic (exact) mass is 282 g/mol. The third-order valence-corrected chi connectivity index (χ3v) is 2.70. The van der Waals surface area contributed by atoms with Gasteiger partial charge in [0.25, 0.3) is 5.91 Å². The van der Waals surface area contributed by atoms with Crippen LogP contribution in [-0.4, -0.2) is 5.91 Å². The smallest absolute Gasteiger partial charge is 0.261 e. The van der Waals surface area contributed by atoms with Gasteiger partial charge in [0.2, 0.25) is 0 Å². The summed E-state index contributed by atoms with van der Waals surface area (Å²) in [4.78, 5) is 11.8. The van der Waals surface area contributed by atoms with Crippen molar-refractivity contribution in [1.82, 2.24) is 0 Å². The zero-order chi connectivity index (χ0) is 14.0. The van der Waals surface area contributed by atoms with E-state index in [-0.39, 0.29) is 5.69 Å². The van der Waals surface area contributed by atoms with Crippen molar-refractivity contribution in [1.29, 1.82) is 0 Å². The molecular formula is C13H9ClF2N2O. The summed E-state index contributed by atoms with van der Waals surface area (Å²) < 4.78 is 27.1. The summed E-state index contributed by atoms with van der Waals surface area (Å²) in [5, 5.41) is 2.85. The fourth-order valence-electron chi connectivity index (χ4n) is 1.50. The quantitative estimate of drug-likeness (QED) is 0.829. The number of halogens is 3. The van der Waals surface area contributed by atoms with E-state index >= 15 is 0 Å². The van der Waals surface area contributed by atoms with E-state index in [0.29, 0.717) is 10.7 Å². The molecule has 0 heterocycles. The van der Waals surface area contributed by atoms with Gasteiger partial charge in [-0.2, -0.15) is 0 Å². The van der Waals surface area contributed by atoms with Crippen molar-refractivity contribution >= 4 is 28.9 Å². The second-order valence-electron chi connectivity index (χ2n) is 3.79. The zero-order valence-electron chi connectivity index (χ0n) is 9.58. The van der Waals surface area contributed by atoms with Gasteiger partial charge in [-0.05, 0) is 36.4 Å². The molecular weight excluding hydrogens is 274 g/mol. The number of nitrogens with two attached hydrogens (primary N) is 1. The lowest BCUT2D eigenvalue weighted by molar-refractivity contribution is 0.101. The second-order valence-corrected chi connectivity index (χ2v) is 4.22. The van der Waals surface area contributed by atoms with Crippen LogP contribution in [0.25, 0.3) is 0 Å². The van der Waals surface area contributed by atoms with Crippen LogP contribution in [0.3, 0.4) is 0 Å². The molecule has 3 N–H and O–H groups in total. The third-order valence-electron chi connectivity index (χ3n) is 2.45. The number of benzene rings is 2. The number of carbonyl (C=O) groups excluding carboxylic acids is 1. The third kappa shape index (κ3) is 2.82. The number of anilines is 2. The van der Waals surface area contributed by atoms with Crippen LogP contribution in [0, 0.1) is 11.6 Å². The fraction of sp³-hybridized carbons (Fsp3) is 0. The molecule has 0 spiro atoms. The molecule has 19 heavy (non-hydrogen) atoms. The molecule has 2 aromatic rings. The summed E-state index contributed by atoms with van der Waals surface area (Å²) >= 11 is 5.69. The number of hydrogen-bond donors (Lipinski definition) is 2. The number of hydrogen-bond acceptors (Lipinski definition) is 2. The van der Waals surface area contributed by atoms with Crippen LogP contribution in [0.4, 0.5) is 20.2 Å². The summed E-state index contributed by atoms with van der Waals surface area (Å²) in [6.07, 6.45) is 0. The molecule has 98 valence electrons. The Morgan fingerprint density at radius 2 is 1.74 bits per heavy atom. The first-order valence-electron chi connectivity index (χ1n) is 5.29. The van der Waals surface area contributed by atoms with Crippen molar-refractivity contribution < 1.29 is 13.6 Å². The minimum Gasteiger partial charge on any atom is -0.396 e. The van der Waals surface area contributed by atoms with Gasteiger partial charge in [0.05, 0.1) is 5.69 Å². The average molecular weight is 283 g/mol. The number of rotatable bonds is 2. The lowest BCUT2D eigenvalue weighted by atomic mass is 10.1. The van der Waals surface area contributed by atoms with Crippen LogP contribution in [0.1, 0.15) is 10.4 Å². The van der Waals surface area contributed by atoms with Crippen LogP contribution in [0.15, 0.2) is 36.4 Å². The minimum atomic E-state index is -1.08. The molecule has 0 aliphatic carbocycles. The Labute approximate surface area is 113 Å². The molecule has 1 amide bonds. The molecule has 0 aliphatic heterocycles. The summed E-state index contributed by atoms with van der Waals surface area (Å²) in [5.41, 5.74) is 4.67. The number of nitrogen functional groups attached to an aromatic ring is 1. The maximum Gasteiger partial charge on any atom is 0.261 e. The predicted molar refractivity (Wildman–Crippen MR) is 70.2 cm³/mol. The number of amides is 1. The van der Waals surface area contributed by atoms with E-state index in [1.54, 1.807) is 12.1 Å². The van der Waals surface area contributed by atoms with E-state index in [2.05, 4.69) is 5.32 Å². The summed E-state index contributed by atoms with van der Waals surface area (Å²) in [7, 11) is 0. The molecule has 2 aromatic carbocycles. The molecule has 3 nitrogen and oxygen atoms in total. The van der Waals surface area contributed by atoms with Crippen LogP contribution in [0.2, 0.25) is 5.02 Å². The Balaban J connectivity index is 2.30. The Morgan fingerprint density at radius 1 is 1.11 bits per heavy atom. The minimum absolute atomic E-state index is 0.289. The van der Waals surface area contributed by atoms with Crippen molar-refractivity contribution in [2.45, 2.75) is 0 Å². The van der Waals surface area contributed by atoms with Crippen LogP contribution < -0.4 is 11.1 Å². The highest BCUT2D eigenvalue weighted by Crippen LogP contribution is 2.20. The second kappa shape index (κ2) is 5.24. The molecule has 0 bridgehead atoms. The lowest BCUT2D eigenvalue weighted by Crippen LogP contribution is -2.16. The first kappa shape index (κ1) is 13.3. The number of carbonyl (C=O) groups is 1. The highest BCUT2D eigenvalue weighted by atomic mass is 35.5.